The summed E-state index contributed by atoms with van der Waals surface area (Å²) in [5.74, 6) is 0. The van der Waals surface area contributed by atoms with Gasteiger partial charge in [-0.15, -0.1) is 0 Å². The molecule has 0 radical (unpaired) electrons. The van der Waals surface area contributed by atoms with Crippen molar-refractivity contribution in [3.63, 3.8) is 0 Å². The minimum absolute atomic E-state index is 0.173. The molecular formula is C20H28O2S2. The number of thioether (sulfide) groups is 2. The highest BCUT2D eigenvalue weighted by Crippen LogP contribution is 2.43. The zero-order valence-corrected chi connectivity index (χ0v) is 16.5. The first-order valence-electron chi connectivity index (χ1n) is 9.25. The van der Waals surface area contributed by atoms with Crippen molar-refractivity contribution in [3.05, 3.63) is 33.1 Å². The van der Waals surface area contributed by atoms with Gasteiger partial charge in [0.2, 0.25) is 10.2 Å². The first kappa shape index (κ1) is 19.6. The first-order chi connectivity index (χ1) is 11.7. The van der Waals surface area contributed by atoms with Gasteiger partial charge < -0.3 is 0 Å². The molecular weight excluding hydrogens is 336 g/mol. The lowest BCUT2D eigenvalue weighted by atomic mass is 10.1. The molecule has 2 heterocycles. The summed E-state index contributed by atoms with van der Waals surface area (Å²) >= 11 is 2.60. The molecule has 0 aromatic heterocycles. The Morgan fingerprint density at radius 3 is 1.46 bits per heavy atom. The van der Waals surface area contributed by atoms with E-state index in [0.717, 1.165) is 46.6 Å². The Hall–Kier alpha value is -0.740. The fourth-order valence-corrected chi connectivity index (χ4v) is 4.85. The van der Waals surface area contributed by atoms with Gasteiger partial charge in [-0.3, -0.25) is 9.59 Å². The number of rotatable bonds is 10. The topological polar surface area (TPSA) is 34.1 Å². The Labute approximate surface area is 154 Å². The van der Waals surface area contributed by atoms with Crippen LogP contribution >= 0.6 is 23.5 Å². The highest BCUT2D eigenvalue weighted by Gasteiger charge is 2.27. The van der Waals surface area contributed by atoms with Crippen LogP contribution in [0.15, 0.2) is 33.1 Å². The van der Waals surface area contributed by atoms with Gasteiger partial charge >= 0.3 is 0 Å². The van der Waals surface area contributed by atoms with E-state index in [9.17, 15) is 9.59 Å². The third-order valence-corrected chi connectivity index (χ3v) is 6.52. The van der Waals surface area contributed by atoms with Crippen molar-refractivity contribution in [1.29, 1.82) is 0 Å². The van der Waals surface area contributed by atoms with Crippen molar-refractivity contribution in [1.82, 2.24) is 0 Å². The lowest BCUT2D eigenvalue weighted by Crippen LogP contribution is -1.91. The summed E-state index contributed by atoms with van der Waals surface area (Å²) < 4.78 is 0. The Morgan fingerprint density at radius 1 is 0.667 bits per heavy atom. The number of hydrogen-bond donors (Lipinski definition) is 0. The van der Waals surface area contributed by atoms with Crippen molar-refractivity contribution in [2.75, 3.05) is 0 Å². The monoisotopic (exact) mass is 364 g/mol. The number of carbonyl (C=O) groups is 2. The Morgan fingerprint density at radius 2 is 1.08 bits per heavy atom. The third kappa shape index (κ3) is 5.66. The molecule has 0 atom stereocenters. The number of unbranched alkanes of at least 4 members (excludes halogenated alkanes) is 6. The largest absolute Gasteiger partial charge is 0.282 e. The lowest BCUT2D eigenvalue weighted by molar-refractivity contribution is -0.108. The molecule has 0 bridgehead atoms. The second-order valence-corrected chi connectivity index (χ2v) is 8.50. The molecule has 0 aromatic carbocycles. The highest BCUT2D eigenvalue weighted by molar-refractivity contribution is 8.21. The van der Waals surface area contributed by atoms with Gasteiger partial charge in [0.25, 0.3) is 0 Å². The standard InChI is InChI=1S/C20H28O2S2/c1-3-5-7-9-11-15-13-17(23-19(15)21)18-14-16(20(22)24-18)12-10-8-6-4-2/h13-14H,3-12H2,1-2H3/b18-17+. The predicted octanol–water partition coefficient (Wildman–Crippen LogP) is 6.54. The summed E-state index contributed by atoms with van der Waals surface area (Å²) in [6, 6.07) is 0. The smallest absolute Gasteiger partial charge is 0.220 e. The van der Waals surface area contributed by atoms with Gasteiger partial charge in [0.05, 0.1) is 0 Å². The van der Waals surface area contributed by atoms with Crippen LogP contribution in [0.25, 0.3) is 0 Å². The van der Waals surface area contributed by atoms with Crippen molar-refractivity contribution < 1.29 is 9.59 Å². The molecule has 2 aliphatic rings. The lowest BCUT2D eigenvalue weighted by Gasteiger charge is -1.98. The van der Waals surface area contributed by atoms with Crippen molar-refractivity contribution in [2.45, 2.75) is 78.1 Å². The molecule has 132 valence electrons. The predicted molar refractivity (Wildman–Crippen MR) is 106 cm³/mol. The van der Waals surface area contributed by atoms with E-state index in [4.69, 9.17) is 0 Å². The van der Waals surface area contributed by atoms with Crippen LogP contribution in [0.5, 0.6) is 0 Å². The quantitative estimate of drug-likeness (QED) is 0.412. The van der Waals surface area contributed by atoms with Gasteiger partial charge in [0.1, 0.15) is 0 Å². The van der Waals surface area contributed by atoms with Crippen LogP contribution in [-0.4, -0.2) is 10.2 Å². The first-order valence-corrected chi connectivity index (χ1v) is 10.9. The maximum absolute atomic E-state index is 12.2. The van der Waals surface area contributed by atoms with E-state index < -0.39 is 0 Å². The van der Waals surface area contributed by atoms with E-state index in [1.54, 1.807) is 0 Å². The minimum Gasteiger partial charge on any atom is -0.282 e. The van der Waals surface area contributed by atoms with Crippen LogP contribution in [-0.2, 0) is 9.59 Å². The summed E-state index contributed by atoms with van der Waals surface area (Å²) in [4.78, 5) is 26.3. The SMILES string of the molecule is CCCCCCC1=C/C(=C2/C=C(CCCCCC)C(=O)S2)SC1=O. The maximum atomic E-state index is 12.2. The molecule has 0 amide bonds. The summed E-state index contributed by atoms with van der Waals surface area (Å²) in [6.45, 7) is 4.39. The van der Waals surface area contributed by atoms with Crippen LogP contribution < -0.4 is 0 Å². The van der Waals surface area contributed by atoms with Gasteiger partial charge in [-0.1, -0.05) is 52.4 Å². The van der Waals surface area contributed by atoms with Crippen LogP contribution in [0, 0.1) is 0 Å². The summed E-state index contributed by atoms with van der Waals surface area (Å²) in [7, 11) is 0. The molecule has 0 saturated heterocycles. The zero-order valence-electron chi connectivity index (χ0n) is 14.9. The van der Waals surface area contributed by atoms with Crippen molar-refractivity contribution >= 4 is 33.8 Å². The second kappa shape index (κ2) is 10.3. The molecule has 24 heavy (non-hydrogen) atoms. The molecule has 0 saturated carbocycles. The van der Waals surface area contributed by atoms with Gasteiger partial charge in [0, 0.05) is 21.0 Å². The Balaban J connectivity index is 1.96. The number of hydrogen-bond acceptors (Lipinski definition) is 4. The van der Waals surface area contributed by atoms with Crippen LogP contribution in [0.2, 0.25) is 0 Å². The van der Waals surface area contributed by atoms with E-state index in [2.05, 4.69) is 13.8 Å². The molecule has 0 fully saturated rings. The zero-order chi connectivity index (χ0) is 17.4. The fourth-order valence-electron chi connectivity index (χ4n) is 2.90. The molecule has 2 aliphatic heterocycles. The molecule has 0 N–H and O–H groups in total. The third-order valence-electron chi connectivity index (χ3n) is 4.38. The summed E-state index contributed by atoms with van der Waals surface area (Å²) in [5.41, 5.74) is 1.85. The van der Waals surface area contributed by atoms with Crippen LogP contribution in [0.3, 0.4) is 0 Å². The van der Waals surface area contributed by atoms with Gasteiger partial charge in [-0.25, -0.2) is 0 Å². The second-order valence-electron chi connectivity index (χ2n) is 6.47. The maximum Gasteiger partial charge on any atom is 0.220 e. The van der Waals surface area contributed by atoms with E-state index in [1.807, 2.05) is 12.2 Å². The van der Waals surface area contributed by atoms with Gasteiger partial charge in [-0.05, 0) is 61.4 Å². The van der Waals surface area contributed by atoms with Crippen LogP contribution in [0.1, 0.15) is 78.1 Å². The average molecular weight is 365 g/mol. The fraction of sp³-hybridized carbons (Fsp3) is 0.600. The molecule has 4 heteroatoms. The van der Waals surface area contributed by atoms with E-state index in [-0.39, 0.29) is 10.2 Å². The average Bonchev–Trinajstić information content (AvgIpc) is 3.12. The number of carbonyl (C=O) groups excluding carboxylic acids is 2. The molecule has 0 aliphatic carbocycles. The summed E-state index contributed by atoms with van der Waals surface area (Å²) in [6.07, 6.45) is 15.2. The molecule has 2 rings (SSSR count). The molecule has 0 spiro atoms. The minimum atomic E-state index is 0.173. The summed E-state index contributed by atoms with van der Waals surface area (Å²) in [5, 5.41) is 0.346. The van der Waals surface area contributed by atoms with Crippen LogP contribution in [0.4, 0.5) is 0 Å². The number of allylic oxidation sites excluding steroid dienone is 2. The Bertz CT molecular complexity index is 520. The van der Waals surface area contributed by atoms with E-state index in [1.165, 1.54) is 62.0 Å². The highest BCUT2D eigenvalue weighted by atomic mass is 32.2. The Kier molecular flexibility index (Phi) is 8.40. The van der Waals surface area contributed by atoms with E-state index >= 15 is 0 Å². The van der Waals surface area contributed by atoms with E-state index in [0.29, 0.717) is 0 Å². The van der Waals surface area contributed by atoms with Gasteiger partial charge in [0.15, 0.2) is 0 Å². The molecule has 0 unspecified atom stereocenters. The van der Waals surface area contributed by atoms with Gasteiger partial charge in [-0.2, -0.15) is 0 Å². The normalized spacial score (nSPS) is 20.8. The molecule has 0 aromatic rings. The van der Waals surface area contributed by atoms with Crippen molar-refractivity contribution in [3.8, 4) is 0 Å². The molecule has 2 nitrogen and oxygen atoms in total. The van der Waals surface area contributed by atoms with Crippen molar-refractivity contribution in [2.24, 2.45) is 0 Å².